The molecule has 2 saturated carbocycles. The number of hydrogen-bond acceptors (Lipinski definition) is 2. The highest BCUT2D eigenvalue weighted by atomic mass is 16.2. The van der Waals surface area contributed by atoms with Crippen LogP contribution in [0.5, 0.6) is 0 Å². The maximum Gasteiger partial charge on any atom is 0.237 e. The summed E-state index contributed by atoms with van der Waals surface area (Å²) >= 11 is 0. The van der Waals surface area contributed by atoms with E-state index in [1.165, 1.54) is 44.1 Å². The molecule has 1 aromatic rings. The van der Waals surface area contributed by atoms with Crippen molar-refractivity contribution in [2.24, 2.45) is 5.92 Å². The van der Waals surface area contributed by atoms with E-state index in [2.05, 4.69) is 41.0 Å². The summed E-state index contributed by atoms with van der Waals surface area (Å²) in [5.74, 6) is 0.838. The highest BCUT2D eigenvalue weighted by Crippen LogP contribution is 2.29. The molecule has 24 heavy (non-hydrogen) atoms. The van der Waals surface area contributed by atoms with Crippen LogP contribution in [0.1, 0.15) is 63.9 Å². The Morgan fingerprint density at radius 3 is 2.54 bits per heavy atom. The Balaban J connectivity index is 1.49. The highest BCUT2D eigenvalue weighted by molar-refractivity contribution is 5.81. The first-order valence-electron chi connectivity index (χ1n) is 9.82. The van der Waals surface area contributed by atoms with Crippen molar-refractivity contribution < 1.29 is 4.79 Å². The maximum atomic E-state index is 12.5. The Kier molecular flexibility index (Phi) is 6.30. The van der Waals surface area contributed by atoms with Crippen molar-refractivity contribution in [3.05, 3.63) is 35.9 Å². The number of carbonyl (C=O) groups is 1. The van der Waals surface area contributed by atoms with Crippen molar-refractivity contribution >= 4 is 5.91 Å². The van der Waals surface area contributed by atoms with Gasteiger partial charge in [-0.2, -0.15) is 0 Å². The molecule has 0 spiro atoms. The van der Waals surface area contributed by atoms with Gasteiger partial charge >= 0.3 is 0 Å². The van der Waals surface area contributed by atoms with Gasteiger partial charge in [0.25, 0.3) is 0 Å². The normalized spacial score (nSPS) is 26.2. The van der Waals surface area contributed by atoms with Crippen molar-refractivity contribution in [1.82, 2.24) is 10.6 Å². The van der Waals surface area contributed by atoms with Gasteiger partial charge < -0.3 is 10.6 Å². The molecular formula is C21H32N2O. The van der Waals surface area contributed by atoms with Crippen LogP contribution in [0.15, 0.2) is 30.3 Å². The summed E-state index contributed by atoms with van der Waals surface area (Å²) in [4.78, 5) is 12.5. The number of amides is 1. The van der Waals surface area contributed by atoms with Gasteiger partial charge in [0.1, 0.15) is 0 Å². The monoisotopic (exact) mass is 328 g/mol. The quantitative estimate of drug-likeness (QED) is 0.833. The number of rotatable bonds is 6. The average molecular weight is 329 g/mol. The third kappa shape index (κ3) is 4.83. The zero-order valence-corrected chi connectivity index (χ0v) is 15.0. The first kappa shape index (κ1) is 17.5. The van der Waals surface area contributed by atoms with Crippen LogP contribution < -0.4 is 10.6 Å². The summed E-state index contributed by atoms with van der Waals surface area (Å²) in [5, 5.41) is 6.88. The Morgan fingerprint density at radius 2 is 1.79 bits per heavy atom. The fourth-order valence-corrected chi connectivity index (χ4v) is 4.39. The van der Waals surface area contributed by atoms with Crippen LogP contribution in [0, 0.1) is 5.92 Å². The topological polar surface area (TPSA) is 41.1 Å². The molecule has 0 saturated heterocycles. The van der Waals surface area contributed by atoms with Crippen LogP contribution in [-0.2, 0) is 11.2 Å². The Morgan fingerprint density at radius 1 is 1.04 bits per heavy atom. The number of benzene rings is 1. The minimum Gasteiger partial charge on any atom is -0.352 e. The molecule has 2 aliphatic carbocycles. The van der Waals surface area contributed by atoms with Crippen LogP contribution in [0.2, 0.25) is 0 Å². The molecule has 0 aromatic heterocycles. The van der Waals surface area contributed by atoms with Gasteiger partial charge in [-0.15, -0.1) is 0 Å². The van der Waals surface area contributed by atoms with Gasteiger partial charge in [-0.25, -0.2) is 0 Å². The molecule has 2 aliphatic rings. The van der Waals surface area contributed by atoms with Crippen LogP contribution in [0.3, 0.4) is 0 Å². The molecule has 3 rings (SSSR count). The summed E-state index contributed by atoms with van der Waals surface area (Å²) < 4.78 is 0. The molecule has 1 aromatic carbocycles. The van der Waals surface area contributed by atoms with Gasteiger partial charge in [-0.1, -0.05) is 56.0 Å². The van der Waals surface area contributed by atoms with Crippen molar-refractivity contribution in [3.8, 4) is 0 Å². The molecule has 3 atom stereocenters. The molecule has 2 N–H and O–H groups in total. The maximum absolute atomic E-state index is 12.5. The van der Waals surface area contributed by atoms with Gasteiger partial charge in [0, 0.05) is 12.1 Å². The third-order valence-electron chi connectivity index (χ3n) is 5.81. The zero-order valence-electron chi connectivity index (χ0n) is 15.0. The van der Waals surface area contributed by atoms with Gasteiger partial charge in [-0.3, -0.25) is 4.79 Å². The molecule has 0 radical (unpaired) electrons. The number of hydrogen-bond donors (Lipinski definition) is 2. The van der Waals surface area contributed by atoms with Gasteiger partial charge in [-0.05, 0) is 50.5 Å². The summed E-state index contributed by atoms with van der Waals surface area (Å²) in [6.45, 7) is 2.02. The van der Waals surface area contributed by atoms with Crippen LogP contribution in [0.4, 0.5) is 0 Å². The lowest BCUT2D eigenvalue weighted by Crippen LogP contribution is -2.50. The van der Waals surface area contributed by atoms with Crippen LogP contribution in [-0.4, -0.2) is 24.0 Å². The fourth-order valence-electron chi connectivity index (χ4n) is 4.39. The second kappa shape index (κ2) is 8.66. The molecule has 132 valence electrons. The van der Waals surface area contributed by atoms with E-state index < -0.39 is 0 Å². The molecule has 3 heteroatoms. The Bertz CT molecular complexity index is 510. The van der Waals surface area contributed by atoms with E-state index in [1.54, 1.807) is 0 Å². The lowest BCUT2D eigenvalue weighted by molar-refractivity contribution is -0.123. The molecule has 1 amide bonds. The minimum absolute atomic E-state index is 0.0895. The standard InChI is InChI=1S/C21H32N2O/c1-16(21(24)23-19-12-6-3-7-13-19)22-20-14-8-11-18(20)15-17-9-4-2-5-10-17/h2,4-5,9-10,16,18-20,22H,3,6-8,11-15H2,1H3,(H,23,24). The van der Waals surface area contributed by atoms with Gasteiger partial charge in [0.05, 0.1) is 6.04 Å². The first-order valence-corrected chi connectivity index (χ1v) is 9.82. The SMILES string of the molecule is CC(NC1CCCC1Cc1ccccc1)C(=O)NC1CCCCC1. The second-order valence-electron chi connectivity index (χ2n) is 7.72. The lowest BCUT2D eigenvalue weighted by Gasteiger charge is -2.28. The molecule has 0 bridgehead atoms. The van der Waals surface area contributed by atoms with Crippen molar-refractivity contribution in [2.75, 3.05) is 0 Å². The van der Waals surface area contributed by atoms with Gasteiger partial charge in [0.15, 0.2) is 0 Å². The van der Waals surface area contributed by atoms with Crippen molar-refractivity contribution in [1.29, 1.82) is 0 Å². The molecule has 3 unspecified atom stereocenters. The summed E-state index contributed by atoms with van der Waals surface area (Å²) in [6, 6.07) is 11.5. The third-order valence-corrected chi connectivity index (χ3v) is 5.81. The van der Waals surface area contributed by atoms with E-state index in [4.69, 9.17) is 0 Å². The van der Waals surface area contributed by atoms with E-state index >= 15 is 0 Å². The predicted molar refractivity (Wildman–Crippen MR) is 98.9 cm³/mol. The van der Waals surface area contributed by atoms with E-state index in [1.807, 2.05) is 6.92 Å². The van der Waals surface area contributed by atoms with E-state index in [9.17, 15) is 4.79 Å². The smallest absolute Gasteiger partial charge is 0.237 e. The molecule has 2 fully saturated rings. The molecule has 3 nitrogen and oxygen atoms in total. The fraction of sp³-hybridized carbons (Fsp3) is 0.667. The molecular weight excluding hydrogens is 296 g/mol. The minimum atomic E-state index is -0.0895. The van der Waals surface area contributed by atoms with E-state index in [0.717, 1.165) is 19.3 Å². The molecule has 0 aliphatic heterocycles. The van der Waals surface area contributed by atoms with Gasteiger partial charge in [0.2, 0.25) is 5.91 Å². The lowest BCUT2D eigenvalue weighted by atomic mass is 9.94. The Labute approximate surface area is 146 Å². The van der Waals surface area contributed by atoms with E-state index in [0.29, 0.717) is 18.0 Å². The summed E-state index contributed by atoms with van der Waals surface area (Å²) in [6.07, 6.45) is 11.0. The zero-order chi connectivity index (χ0) is 16.8. The summed E-state index contributed by atoms with van der Waals surface area (Å²) in [7, 11) is 0. The van der Waals surface area contributed by atoms with E-state index in [-0.39, 0.29) is 11.9 Å². The summed E-state index contributed by atoms with van der Waals surface area (Å²) in [5.41, 5.74) is 1.41. The predicted octanol–water partition coefficient (Wildman–Crippen LogP) is 3.82. The Hall–Kier alpha value is -1.35. The second-order valence-corrected chi connectivity index (χ2v) is 7.72. The number of nitrogens with one attached hydrogen (secondary N) is 2. The first-order chi connectivity index (χ1) is 11.7. The largest absolute Gasteiger partial charge is 0.352 e. The number of carbonyl (C=O) groups excluding carboxylic acids is 1. The molecule has 0 heterocycles. The average Bonchev–Trinajstić information content (AvgIpc) is 3.03. The van der Waals surface area contributed by atoms with Crippen molar-refractivity contribution in [2.45, 2.75) is 82.8 Å². The van der Waals surface area contributed by atoms with Crippen LogP contribution >= 0.6 is 0 Å². The highest BCUT2D eigenvalue weighted by Gasteiger charge is 2.30. The van der Waals surface area contributed by atoms with Crippen molar-refractivity contribution in [3.63, 3.8) is 0 Å². The van der Waals surface area contributed by atoms with Crippen LogP contribution in [0.25, 0.3) is 0 Å².